The van der Waals surface area contributed by atoms with Crippen molar-refractivity contribution in [2.45, 2.75) is 36.3 Å². The van der Waals surface area contributed by atoms with Crippen LogP contribution in [0.15, 0.2) is 65.6 Å². The lowest BCUT2D eigenvalue weighted by Gasteiger charge is -2.18. The van der Waals surface area contributed by atoms with Gasteiger partial charge in [0.2, 0.25) is 0 Å². The van der Waals surface area contributed by atoms with Crippen molar-refractivity contribution in [2.24, 2.45) is 5.41 Å². The molecular weight excluding hydrogens is 276 g/mol. The maximum atomic E-state index is 12.8. The van der Waals surface area contributed by atoms with E-state index in [9.17, 15) is 4.79 Å². The highest BCUT2D eigenvalue weighted by molar-refractivity contribution is 8.00. The molecule has 21 heavy (non-hydrogen) atoms. The van der Waals surface area contributed by atoms with Crippen molar-refractivity contribution in [2.75, 3.05) is 0 Å². The maximum Gasteiger partial charge on any atom is 0.147 e. The lowest BCUT2D eigenvalue weighted by Crippen LogP contribution is -2.21. The molecule has 0 amide bonds. The molecule has 1 aliphatic carbocycles. The van der Waals surface area contributed by atoms with Gasteiger partial charge in [-0.05, 0) is 24.1 Å². The van der Waals surface area contributed by atoms with Crippen molar-refractivity contribution >= 4 is 17.5 Å². The Kier molecular flexibility index (Phi) is 3.90. The predicted molar refractivity (Wildman–Crippen MR) is 88.7 cm³/mol. The van der Waals surface area contributed by atoms with Crippen molar-refractivity contribution in [3.8, 4) is 0 Å². The lowest BCUT2D eigenvalue weighted by molar-refractivity contribution is -0.125. The molecule has 0 aliphatic heterocycles. The minimum atomic E-state index is -0.229. The Morgan fingerprint density at radius 1 is 0.952 bits per heavy atom. The van der Waals surface area contributed by atoms with Crippen LogP contribution < -0.4 is 0 Å². The first-order valence-electron chi connectivity index (χ1n) is 7.39. The zero-order valence-corrected chi connectivity index (χ0v) is 13.3. The van der Waals surface area contributed by atoms with Crippen LogP contribution in [0.4, 0.5) is 0 Å². The molecule has 0 aromatic heterocycles. The van der Waals surface area contributed by atoms with Gasteiger partial charge in [-0.1, -0.05) is 62.4 Å². The number of thioether (sulfide) groups is 1. The number of rotatable bonds is 3. The Balaban J connectivity index is 1.92. The van der Waals surface area contributed by atoms with Crippen LogP contribution in [0, 0.1) is 5.41 Å². The summed E-state index contributed by atoms with van der Waals surface area (Å²) in [6, 6.07) is 20.6. The van der Waals surface area contributed by atoms with Crippen LogP contribution in [0.1, 0.15) is 31.7 Å². The molecule has 108 valence electrons. The van der Waals surface area contributed by atoms with E-state index in [1.807, 2.05) is 36.0 Å². The van der Waals surface area contributed by atoms with Crippen LogP contribution in [0.3, 0.4) is 0 Å². The molecule has 1 nitrogen and oxygen atoms in total. The van der Waals surface area contributed by atoms with Crippen LogP contribution >= 0.6 is 11.8 Å². The molecule has 2 aromatic carbocycles. The van der Waals surface area contributed by atoms with Crippen LogP contribution in [0.2, 0.25) is 0 Å². The van der Waals surface area contributed by atoms with Gasteiger partial charge in [0.15, 0.2) is 0 Å². The first-order valence-corrected chi connectivity index (χ1v) is 8.27. The van der Waals surface area contributed by atoms with Crippen LogP contribution in [-0.4, -0.2) is 11.0 Å². The summed E-state index contributed by atoms with van der Waals surface area (Å²) < 4.78 is 0. The van der Waals surface area contributed by atoms with Crippen molar-refractivity contribution < 1.29 is 4.79 Å². The molecule has 0 bridgehead atoms. The standard InChI is InChI=1S/C19H20OS/c1-19(2)13-16(21-15-11-7-4-8-12-15)17(18(19)20)14-9-5-3-6-10-14/h3-12,16-17H,13H2,1-2H3. The van der Waals surface area contributed by atoms with E-state index < -0.39 is 0 Å². The average Bonchev–Trinajstić information content (AvgIpc) is 2.71. The number of hydrogen-bond acceptors (Lipinski definition) is 2. The summed E-state index contributed by atoms with van der Waals surface area (Å²) in [6.45, 7) is 4.16. The molecule has 2 unspecified atom stereocenters. The third-order valence-electron chi connectivity index (χ3n) is 4.22. The van der Waals surface area contributed by atoms with Crippen LogP contribution in [0.25, 0.3) is 0 Å². The molecule has 0 heterocycles. The largest absolute Gasteiger partial charge is 0.298 e. The van der Waals surface area contributed by atoms with Crippen LogP contribution in [-0.2, 0) is 4.79 Å². The summed E-state index contributed by atoms with van der Waals surface area (Å²) in [5.74, 6) is 0.383. The number of hydrogen-bond donors (Lipinski definition) is 0. The first kappa shape index (κ1) is 14.4. The highest BCUT2D eigenvalue weighted by atomic mass is 32.2. The fourth-order valence-corrected chi connectivity index (χ4v) is 4.70. The summed E-state index contributed by atoms with van der Waals surface area (Å²) >= 11 is 1.84. The van der Waals surface area contributed by atoms with E-state index in [0.717, 1.165) is 12.0 Å². The van der Waals surface area contributed by atoms with E-state index in [-0.39, 0.29) is 11.3 Å². The molecule has 3 rings (SSSR count). The zero-order valence-electron chi connectivity index (χ0n) is 12.5. The lowest BCUT2D eigenvalue weighted by atomic mass is 9.87. The van der Waals surface area contributed by atoms with Gasteiger partial charge in [0, 0.05) is 15.6 Å². The van der Waals surface area contributed by atoms with Gasteiger partial charge in [-0.2, -0.15) is 0 Å². The van der Waals surface area contributed by atoms with Gasteiger partial charge >= 0.3 is 0 Å². The zero-order chi connectivity index (χ0) is 14.9. The second-order valence-electron chi connectivity index (χ2n) is 6.31. The average molecular weight is 296 g/mol. The molecule has 2 aromatic rings. The molecule has 0 saturated heterocycles. The van der Waals surface area contributed by atoms with Crippen molar-refractivity contribution in [3.63, 3.8) is 0 Å². The van der Waals surface area contributed by atoms with E-state index in [1.165, 1.54) is 4.90 Å². The van der Waals surface area contributed by atoms with E-state index in [1.54, 1.807) is 0 Å². The highest BCUT2D eigenvalue weighted by Gasteiger charge is 2.48. The smallest absolute Gasteiger partial charge is 0.147 e. The minimum Gasteiger partial charge on any atom is -0.298 e. The van der Waals surface area contributed by atoms with Crippen molar-refractivity contribution in [1.82, 2.24) is 0 Å². The second-order valence-corrected chi connectivity index (χ2v) is 7.62. The van der Waals surface area contributed by atoms with Gasteiger partial charge in [-0.3, -0.25) is 4.79 Å². The molecular formula is C19H20OS. The Labute approximate surface area is 130 Å². The number of carbonyl (C=O) groups is 1. The third-order valence-corrected chi connectivity index (χ3v) is 5.51. The molecule has 1 aliphatic rings. The summed E-state index contributed by atoms with van der Waals surface area (Å²) in [5, 5.41) is 0.317. The van der Waals surface area contributed by atoms with E-state index >= 15 is 0 Å². The van der Waals surface area contributed by atoms with Crippen molar-refractivity contribution in [1.29, 1.82) is 0 Å². The SMILES string of the molecule is CC1(C)CC(Sc2ccccc2)C(c2ccccc2)C1=O. The van der Waals surface area contributed by atoms with E-state index in [4.69, 9.17) is 0 Å². The van der Waals surface area contributed by atoms with E-state index in [2.05, 4.69) is 50.2 Å². The van der Waals surface area contributed by atoms with Gasteiger partial charge in [-0.15, -0.1) is 11.8 Å². The topological polar surface area (TPSA) is 17.1 Å². The summed E-state index contributed by atoms with van der Waals surface area (Å²) in [7, 11) is 0. The molecule has 2 heteroatoms. The Morgan fingerprint density at radius 3 is 2.14 bits per heavy atom. The number of carbonyl (C=O) groups excluding carboxylic acids is 1. The third kappa shape index (κ3) is 2.91. The van der Waals surface area contributed by atoms with Crippen LogP contribution in [0.5, 0.6) is 0 Å². The normalized spacial score (nSPS) is 24.2. The van der Waals surface area contributed by atoms with Crippen molar-refractivity contribution in [3.05, 3.63) is 66.2 Å². The Hall–Kier alpha value is -1.54. The Bertz CT molecular complexity index is 619. The second kappa shape index (κ2) is 5.69. The maximum absolute atomic E-state index is 12.8. The molecule has 1 saturated carbocycles. The number of ketones is 1. The highest BCUT2D eigenvalue weighted by Crippen LogP contribution is 2.49. The van der Waals surface area contributed by atoms with Gasteiger partial charge in [0.05, 0.1) is 5.92 Å². The number of Topliss-reactive ketones (excluding diaryl/α,β-unsaturated/α-hetero) is 1. The minimum absolute atomic E-state index is 0.00593. The molecule has 0 radical (unpaired) electrons. The van der Waals surface area contributed by atoms with Gasteiger partial charge < -0.3 is 0 Å². The fraction of sp³-hybridized carbons (Fsp3) is 0.316. The first-order chi connectivity index (χ1) is 10.1. The molecule has 0 spiro atoms. The molecule has 2 atom stereocenters. The number of benzene rings is 2. The van der Waals surface area contributed by atoms with Gasteiger partial charge in [-0.25, -0.2) is 0 Å². The van der Waals surface area contributed by atoms with Gasteiger partial charge in [0.1, 0.15) is 5.78 Å². The molecule has 0 N–H and O–H groups in total. The molecule has 1 fully saturated rings. The fourth-order valence-electron chi connectivity index (χ4n) is 3.12. The monoisotopic (exact) mass is 296 g/mol. The Morgan fingerprint density at radius 2 is 1.52 bits per heavy atom. The summed E-state index contributed by atoms with van der Waals surface area (Å²) in [5.41, 5.74) is 0.925. The summed E-state index contributed by atoms with van der Waals surface area (Å²) in [4.78, 5) is 14.1. The predicted octanol–water partition coefficient (Wildman–Crippen LogP) is 4.93. The summed E-state index contributed by atoms with van der Waals surface area (Å²) in [6.07, 6.45) is 0.935. The van der Waals surface area contributed by atoms with Gasteiger partial charge in [0.25, 0.3) is 0 Å². The quantitative estimate of drug-likeness (QED) is 0.799. The van der Waals surface area contributed by atoms with E-state index in [0.29, 0.717) is 11.0 Å².